The Morgan fingerprint density at radius 3 is 2.71 bits per heavy atom. The smallest absolute Gasteiger partial charge is 0.336 e. The second-order valence-electron chi connectivity index (χ2n) is 5.52. The van der Waals surface area contributed by atoms with Crippen LogP contribution in [-0.2, 0) is 0 Å². The number of benzene rings is 2. The topological polar surface area (TPSA) is 30.2 Å². The Labute approximate surface area is 120 Å². The summed E-state index contributed by atoms with van der Waals surface area (Å²) in [6.45, 7) is 0. The normalized spacial score (nSPS) is 14.5. The van der Waals surface area contributed by atoms with Crippen LogP contribution < -0.4 is 5.63 Å². The Kier molecular flexibility index (Phi) is 2.67. The molecule has 0 spiro atoms. The maximum atomic E-state index is 13.3. The van der Waals surface area contributed by atoms with E-state index in [-0.39, 0.29) is 5.58 Å². The van der Waals surface area contributed by atoms with E-state index in [9.17, 15) is 9.18 Å². The van der Waals surface area contributed by atoms with Crippen molar-refractivity contribution in [2.45, 2.75) is 18.8 Å². The molecule has 104 valence electrons. The highest BCUT2D eigenvalue weighted by molar-refractivity contribution is 5.93. The fourth-order valence-electron chi connectivity index (χ4n) is 2.75. The van der Waals surface area contributed by atoms with Gasteiger partial charge in [0.05, 0.1) is 0 Å². The molecule has 4 rings (SSSR count). The third-order valence-electron chi connectivity index (χ3n) is 3.95. The van der Waals surface area contributed by atoms with Gasteiger partial charge in [0.15, 0.2) is 0 Å². The summed E-state index contributed by atoms with van der Waals surface area (Å²) in [6.07, 6.45) is 2.46. The molecule has 0 atom stereocenters. The van der Waals surface area contributed by atoms with Crippen molar-refractivity contribution >= 4 is 11.0 Å². The second-order valence-corrected chi connectivity index (χ2v) is 5.52. The standard InChI is InChI=1S/C18H13FO2/c19-14-6-7-15-16(10-18(20)21-17(15)9-14)13-3-1-2-12(8-13)11-4-5-11/h1-3,6-11H,4-5H2. The van der Waals surface area contributed by atoms with Gasteiger partial charge < -0.3 is 4.42 Å². The van der Waals surface area contributed by atoms with E-state index in [1.807, 2.05) is 12.1 Å². The zero-order chi connectivity index (χ0) is 14.4. The maximum Gasteiger partial charge on any atom is 0.336 e. The monoisotopic (exact) mass is 280 g/mol. The molecule has 1 fully saturated rings. The van der Waals surface area contributed by atoms with Gasteiger partial charge in [-0.1, -0.05) is 24.3 Å². The van der Waals surface area contributed by atoms with Crippen LogP contribution in [0, 0.1) is 5.82 Å². The SMILES string of the molecule is O=c1cc(-c2cccc(C3CC3)c2)c2ccc(F)cc2o1. The van der Waals surface area contributed by atoms with Gasteiger partial charge in [0.1, 0.15) is 11.4 Å². The molecule has 0 bridgehead atoms. The molecule has 0 unspecified atom stereocenters. The van der Waals surface area contributed by atoms with Gasteiger partial charge in [-0.25, -0.2) is 9.18 Å². The minimum atomic E-state index is -0.458. The highest BCUT2D eigenvalue weighted by Gasteiger charge is 2.23. The van der Waals surface area contributed by atoms with Crippen molar-refractivity contribution in [1.29, 1.82) is 0 Å². The summed E-state index contributed by atoms with van der Waals surface area (Å²) in [5.41, 5.74) is 2.90. The molecular weight excluding hydrogens is 267 g/mol. The van der Waals surface area contributed by atoms with Gasteiger partial charge in [-0.3, -0.25) is 0 Å². The Bertz CT molecular complexity index is 891. The molecule has 0 radical (unpaired) electrons. The van der Waals surface area contributed by atoms with Crippen LogP contribution in [0.25, 0.3) is 22.1 Å². The molecule has 0 N–H and O–H groups in total. The molecule has 2 aromatic carbocycles. The lowest BCUT2D eigenvalue weighted by Gasteiger charge is -2.07. The minimum Gasteiger partial charge on any atom is -0.423 e. The van der Waals surface area contributed by atoms with Gasteiger partial charge in [0.2, 0.25) is 0 Å². The summed E-state index contributed by atoms with van der Waals surface area (Å²) in [4.78, 5) is 11.7. The molecule has 0 amide bonds. The fourth-order valence-corrected chi connectivity index (χ4v) is 2.75. The predicted octanol–water partition coefficient (Wildman–Crippen LogP) is 4.48. The van der Waals surface area contributed by atoms with Gasteiger partial charge >= 0.3 is 5.63 Å². The van der Waals surface area contributed by atoms with E-state index in [0.29, 0.717) is 5.92 Å². The highest BCUT2D eigenvalue weighted by Crippen LogP contribution is 2.41. The van der Waals surface area contributed by atoms with Crippen LogP contribution >= 0.6 is 0 Å². The van der Waals surface area contributed by atoms with Crippen LogP contribution in [0.2, 0.25) is 0 Å². The number of fused-ring (bicyclic) bond motifs is 1. The summed E-state index contributed by atoms with van der Waals surface area (Å²) >= 11 is 0. The zero-order valence-corrected chi connectivity index (χ0v) is 11.3. The lowest BCUT2D eigenvalue weighted by atomic mass is 9.99. The Balaban J connectivity index is 1.97. The van der Waals surface area contributed by atoms with Crippen LogP contribution in [0.1, 0.15) is 24.3 Å². The Hall–Kier alpha value is -2.42. The van der Waals surface area contributed by atoms with Crippen molar-refractivity contribution in [3.8, 4) is 11.1 Å². The quantitative estimate of drug-likeness (QED) is 0.648. The number of hydrogen-bond donors (Lipinski definition) is 0. The number of rotatable bonds is 2. The summed E-state index contributed by atoms with van der Waals surface area (Å²) in [5.74, 6) is 0.239. The first-order valence-electron chi connectivity index (χ1n) is 7.04. The summed E-state index contributed by atoms with van der Waals surface area (Å²) < 4.78 is 18.4. The van der Waals surface area contributed by atoms with Crippen molar-refractivity contribution in [2.24, 2.45) is 0 Å². The molecule has 1 aromatic heterocycles. The van der Waals surface area contributed by atoms with Gasteiger partial charge in [-0.2, -0.15) is 0 Å². The predicted molar refractivity (Wildman–Crippen MR) is 79.9 cm³/mol. The molecular formula is C18H13FO2. The summed E-state index contributed by atoms with van der Waals surface area (Å²) in [7, 11) is 0. The average molecular weight is 280 g/mol. The first-order chi connectivity index (χ1) is 10.2. The van der Waals surface area contributed by atoms with E-state index in [0.717, 1.165) is 16.5 Å². The molecule has 1 aliphatic rings. The third kappa shape index (κ3) is 2.25. The average Bonchev–Trinajstić information content (AvgIpc) is 3.30. The van der Waals surface area contributed by atoms with Crippen molar-refractivity contribution < 1.29 is 8.81 Å². The lowest BCUT2D eigenvalue weighted by Crippen LogP contribution is -1.98. The van der Waals surface area contributed by atoms with Crippen molar-refractivity contribution in [1.82, 2.24) is 0 Å². The molecule has 1 saturated carbocycles. The minimum absolute atomic E-state index is 0.286. The summed E-state index contributed by atoms with van der Waals surface area (Å²) in [5, 5.41) is 0.754. The molecule has 3 heteroatoms. The van der Waals surface area contributed by atoms with E-state index >= 15 is 0 Å². The van der Waals surface area contributed by atoms with Crippen molar-refractivity contribution in [2.75, 3.05) is 0 Å². The van der Waals surface area contributed by atoms with Gasteiger partial charge in [0, 0.05) is 17.5 Å². The fraction of sp³-hybridized carbons (Fsp3) is 0.167. The molecule has 1 heterocycles. The van der Waals surface area contributed by atoms with Crippen molar-refractivity contribution in [3.05, 3.63) is 70.3 Å². The second kappa shape index (κ2) is 4.55. The van der Waals surface area contributed by atoms with Crippen LogP contribution in [0.4, 0.5) is 4.39 Å². The molecule has 3 aromatic rings. The van der Waals surface area contributed by atoms with Crippen LogP contribution in [0.5, 0.6) is 0 Å². The van der Waals surface area contributed by atoms with Gasteiger partial charge in [-0.05, 0) is 47.6 Å². The van der Waals surface area contributed by atoms with Crippen LogP contribution in [0.3, 0.4) is 0 Å². The van der Waals surface area contributed by atoms with Crippen LogP contribution in [-0.4, -0.2) is 0 Å². The van der Waals surface area contributed by atoms with E-state index in [1.54, 1.807) is 6.07 Å². The number of hydrogen-bond acceptors (Lipinski definition) is 2. The molecule has 21 heavy (non-hydrogen) atoms. The maximum absolute atomic E-state index is 13.3. The molecule has 0 saturated heterocycles. The van der Waals surface area contributed by atoms with E-state index in [4.69, 9.17) is 4.42 Å². The van der Waals surface area contributed by atoms with Gasteiger partial charge in [-0.15, -0.1) is 0 Å². The highest BCUT2D eigenvalue weighted by atomic mass is 19.1. The first-order valence-corrected chi connectivity index (χ1v) is 7.04. The van der Waals surface area contributed by atoms with Crippen molar-refractivity contribution in [3.63, 3.8) is 0 Å². The Morgan fingerprint density at radius 1 is 1.05 bits per heavy atom. The zero-order valence-electron chi connectivity index (χ0n) is 11.3. The lowest BCUT2D eigenvalue weighted by molar-refractivity contribution is 0.554. The summed E-state index contributed by atoms with van der Waals surface area (Å²) in [6, 6.07) is 14.0. The molecule has 0 aliphatic heterocycles. The first kappa shape index (κ1) is 12.3. The Morgan fingerprint density at radius 2 is 1.90 bits per heavy atom. The van der Waals surface area contributed by atoms with E-state index < -0.39 is 11.4 Å². The largest absolute Gasteiger partial charge is 0.423 e. The number of halogens is 1. The molecule has 2 nitrogen and oxygen atoms in total. The van der Waals surface area contributed by atoms with Crippen LogP contribution in [0.15, 0.2) is 57.7 Å². The van der Waals surface area contributed by atoms with Gasteiger partial charge in [0.25, 0.3) is 0 Å². The molecule has 1 aliphatic carbocycles. The van der Waals surface area contributed by atoms with E-state index in [1.165, 1.54) is 36.6 Å². The van der Waals surface area contributed by atoms with E-state index in [2.05, 4.69) is 12.1 Å². The third-order valence-corrected chi connectivity index (χ3v) is 3.95.